The van der Waals surface area contributed by atoms with Gasteiger partial charge in [0.25, 0.3) is 5.91 Å². The van der Waals surface area contributed by atoms with E-state index in [1.54, 1.807) is 0 Å². The highest BCUT2D eigenvalue weighted by atomic mass is 32.2. The Balaban J connectivity index is 1.67. The van der Waals surface area contributed by atoms with Gasteiger partial charge in [-0.05, 0) is 39.0 Å². The van der Waals surface area contributed by atoms with Crippen molar-refractivity contribution in [2.75, 3.05) is 16.8 Å². The van der Waals surface area contributed by atoms with Gasteiger partial charge in [0, 0.05) is 11.3 Å². The van der Waals surface area contributed by atoms with E-state index < -0.39 is 66.8 Å². The number of ether oxygens (including phenoxy) is 2. The van der Waals surface area contributed by atoms with E-state index in [2.05, 4.69) is 24.8 Å². The van der Waals surface area contributed by atoms with Crippen LogP contribution in [0, 0.1) is 5.82 Å². The highest BCUT2D eigenvalue weighted by Gasteiger charge is 2.49. The number of nitrogens with one attached hydrogen (secondary N) is 1. The van der Waals surface area contributed by atoms with Gasteiger partial charge in [0.1, 0.15) is 27.6 Å². The first-order chi connectivity index (χ1) is 15.6. The number of fused-ring (bicyclic) bond motifs is 1. The van der Waals surface area contributed by atoms with E-state index in [9.17, 15) is 26.4 Å². The predicted molar refractivity (Wildman–Crippen MR) is 116 cm³/mol. The zero-order valence-corrected chi connectivity index (χ0v) is 19.0. The lowest BCUT2D eigenvalue weighted by Gasteiger charge is -2.38. The molecule has 182 valence electrons. The summed E-state index contributed by atoms with van der Waals surface area (Å²) in [6, 6.07) is 3.44. The Morgan fingerprint density at radius 2 is 1.85 bits per heavy atom. The van der Waals surface area contributed by atoms with Gasteiger partial charge >= 0.3 is 6.29 Å². The molecule has 5 N–H and O–H groups in total. The Labute approximate surface area is 192 Å². The molecule has 1 atom stereocenters. The molecule has 1 amide bonds. The molecule has 0 bridgehead atoms. The molecule has 1 aromatic carbocycles. The molecule has 0 fully saturated rings. The third kappa shape index (κ3) is 3.67. The lowest BCUT2D eigenvalue weighted by Crippen LogP contribution is -2.55. The Kier molecular flexibility index (Phi) is 5.01. The molecule has 0 radical (unpaired) electrons. The molecule has 2 aliphatic heterocycles. The quantitative estimate of drug-likeness (QED) is 0.579. The first kappa shape index (κ1) is 23.6. The van der Waals surface area contributed by atoms with Gasteiger partial charge in [-0.2, -0.15) is 0 Å². The minimum Gasteiger partial charge on any atom is -0.394 e. The fourth-order valence-electron chi connectivity index (χ4n) is 3.60. The van der Waals surface area contributed by atoms with Crippen LogP contribution in [0.5, 0.6) is 11.5 Å². The van der Waals surface area contributed by atoms with Gasteiger partial charge < -0.3 is 26.3 Å². The molecular formula is C20H20F3N5O5S. The van der Waals surface area contributed by atoms with Gasteiger partial charge in [-0.3, -0.25) is 9.79 Å². The van der Waals surface area contributed by atoms with Crippen LogP contribution >= 0.6 is 0 Å². The molecule has 10 nitrogen and oxygen atoms in total. The number of carbonyl (C=O) groups excluding carboxylic acids is 1. The van der Waals surface area contributed by atoms with Crippen molar-refractivity contribution < 1.29 is 35.9 Å². The van der Waals surface area contributed by atoms with Crippen LogP contribution in [0.4, 0.5) is 24.5 Å². The number of nitrogens with two attached hydrogens (primary N) is 2. The number of amides is 1. The fraction of sp³-hybridized carbons (Fsp3) is 0.350. The van der Waals surface area contributed by atoms with Crippen molar-refractivity contribution in [3.05, 3.63) is 41.5 Å². The van der Waals surface area contributed by atoms with E-state index in [1.807, 2.05) is 0 Å². The molecule has 34 heavy (non-hydrogen) atoms. The molecule has 0 aliphatic carbocycles. The van der Waals surface area contributed by atoms with Crippen LogP contribution in [-0.4, -0.2) is 41.9 Å². The molecule has 3 heterocycles. The lowest BCUT2D eigenvalue weighted by molar-refractivity contribution is -0.286. The van der Waals surface area contributed by atoms with Crippen LogP contribution in [0.2, 0.25) is 0 Å². The molecule has 0 saturated heterocycles. The van der Waals surface area contributed by atoms with Crippen molar-refractivity contribution in [3.63, 3.8) is 0 Å². The third-order valence-electron chi connectivity index (χ3n) is 5.74. The summed E-state index contributed by atoms with van der Waals surface area (Å²) >= 11 is 0. The van der Waals surface area contributed by atoms with Crippen LogP contribution < -0.4 is 26.3 Å². The maximum Gasteiger partial charge on any atom is 0.586 e. The van der Waals surface area contributed by atoms with Gasteiger partial charge in [-0.15, -0.1) is 8.78 Å². The monoisotopic (exact) mass is 499 g/mol. The second-order valence-electron chi connectivity index (χ2n) is 8.57. The largest absolute Gasteiger partial charge is 0.586 e. The number of rotatable bonds is 3. The summed E-state index contributed by atoms with van der Waals surface area (Å²) in [6.07, 6.45) is -3.10. The van der Waals surface area contributed by atoms with Crippen LogP contribution in [0.1, 0.15) is 36.8 Å². The minimum absolute atomic E-state index is 0.0443. The average Bonchev–Trinajstić information content (AvgIpc) is 3.03. The Hall–Kier alpha value is -3.55. The fourth-order valence-corrected chi connectivity index (χ4v) is 5.29. The number of benzene rings is 1. The van der Waals surface area contributed by atoms with E-state index in [-0.39, 0.29) is 17.1 Å². The van der Waals surface area contributed by atoms with Crippen molar-refractivity contribution in [2.45, 2.75) is 37.4 Å². The normalized spacial score (nSPS) is 23.8. The molecule has 0 spiro atoms. The Bertz CT molecular complexity index is 1360. The second kappa shape index (κ2) is 7.22. The number of nitrogen functional groups attached to an aromatic ring is 1. The van der Waals surface area contributed by atoms with Crippen molar-refractivity contribution in [1.29, 1.82) is 0 Å². The van der Waals surface area contributed by atoms with Crippen molar-refractivity contribution in [2.24, 2.45) is 10.7 Å². The first-order valence-corrected chi connectivity index (χ1v) is 11.5. The summed E-state index contributed by atoms with van der Waals surface area (Å²) in [6.45, 7) is 4.23. The summed E-state index contributed by atoms with van der Waals surface area (Å²) in [5.41, 5.74) is 9.08. The standard InChI is InChI=1S/C20H20F3N5O5S/c1-18(2)17(25)28-19(3,8-34(18,30)31)10-6-9(4-5-11(10)21)27-16(29)14-13(24)15-12(7-26-14)32-20(22,23)33-15/h4-7H,8,24H2,1-3H3,(H2,25,28)(H,27,29)/t19-/m0/s1. The lowest BCUT2D eigenvalue weighted by atomic mass is 9.92. The predicted octanol–water partition coefficient (Wildman–Crippen LogP) is 2.16. The van der Waals surface area contributed by atoms with E-state index in [0.717, 1.165) is 12.3 Å². The Morgan fingerprint density at radius 1 is 1.18 bits per heavy atom. The van der Waals surface area contributed by atoms with E-state index in [0.29, 0.717) is 0 Å². The number of halogens is 3. The molecule has 0 saturated carbocycles. The highest BCUT2D eigenvalue weighted by molar-refractivity contribution is 7.93. The summed E-state index contributed by atoms with van der Waals surface area (Å²) in [7, 11) is -3.81. The zero-order chi connectivity index (χ0) is 25.3. The number of sulfone groups is 1. The van der Waals surface area contributed by atoms with Crippen LogP contribution in [0.15, 0.2) is 29.4 Å². The Morgan fingerprint density at radius 3 is 2.50 bits per heavy atom. The van der Waals surface area contributed by atoms with Crippen LogP contribution in [0.25, 0.3) is 0 Å². The summed E-state index contributed by atoms with van der Waals surface area (Å²) in [5, 5.41) is 2.42. The van der Waals surface area contributed by atoms with Crippen molar-refractivity contribution >= 4 is 33.0 Å². The molecule has 1 aromatic heterocycles. The highest BCUT2D eigenvalue weighted by Crippen LogP contribution is 2.45. The number of pyridine rings is 1. The molecule has 0 unspecified atom stereocenters. The maximum atomic E-state index is 14.8. The minimum atomic E-state index is -3.95. The summed E-state index contributed by atoms with van der Waals surface area (Å²) in [5.74, 6) is -3.36. The van der Waals surface area contributed by atoms with Crippen LogP contribution in [0.3, 0.4) is 0 Å². The smallest absolute Gasteiger partial charge is 0.394 e. The second-order valence-corrected chi connectivity index (χ2v) is 11.1. The van der Waals surface area contributed by atoms with Gasteiger partial charge in [0.05, 0.1) is 11.9 Å². The summed E-state index contributed by atoms with van der Waals surface area (Å²) in [4.78, 5) is 20.7. The van der Waals surface area contributed by atoms with Crippen molar-refractivity contribution in [3.8, 4) is 11.5 Å². The van der Waals surface area contributed by atoms with Gasteiger partial charge in [0.2, 0.25) is 0 Å². The van der Waals surface area contributed by atoms with E-state index in [4.69, 9.17) is 11.5 Å². The van der Waals surface area contributed by atoms with E-state index in [1.165, 1.54) is 32.9 Å². The van der Waals surface area contributed by atoms with Gasteiger partial charge in [-0.25, -0.2) is 17.8 Å². The SMILES string of the molecule is CC1(C)C(N)=N[C@](C)(c2cc(NC(=O)c3ncc4c(c3N)OC(F)(F)O4)ccc2F)CS1(=O)=O. The van der Waals surface area contributed by atoms with Crippen molar-refractivity contribution in [1.82, 2.24) is 4.98 Å². The van der Waals surface area contributed by atoms with Gasteiger partial charge in [-0.1, -0.05) is 0 Å². The molecule has 2 aliphatic rings. The number of anilines is 2. The first-order valence-electron chi connectivity index (χ1n) is 9.80. The van der Waals surface area contributed by atoms with E-state index >= 15 is 0 Å². The zero-order valence-electron chi connectivity index (χ0n) is 18.1. The number of nitrogens with zero attached hydrogens (tertiary/aromatic N) is 2. The number of amidine groups is 1. The number of aromatic nitrogens is 1. The molecule has 2 aromatic rings. The number of hydrogen-bond donors (Lipinski definition) is 3. The third-order valence-corrected chi connectivity index (χ3v) is 8.44. The topological polar surface area (TPSA) is 159 Å². The van der Waals surface area contributed by atoms with Gasteiger partial charge in [0.15, 0.2) is 27.0 Å². The number of aliphatic imine (C=N–C) groups is 1. The molecule has 4 rings (SSSR count). The number of carbonyl (C=O) groups is 1. The number of alkyl halides is 2. The summed E-state index contributed by atoms with van der Waals surface area (Å²) < 4.78 is 74.0. The molecular weight excluding hydrogens is 479 g/mol. The maximum absolute atomic E-state index is 14.8. The number of hydrogen-bond acceptors (Lipinski definition) is 9. The van der Waals surface area contributed by atoms with Crippen LogP contribution in [-0.2, 0) is 15.4 Å². The average molecular weight is 499 g/mol. The molecule has 14 heteroatoms.